The number of rotatable bonds is 4. The average Bonchev–Trinajstić information content (AvgIpc) is 2.81. The van der Waals surface area contributed by atoms with Crippen molar-refractivity contribution < 1.29 is 14.7 Å². The number of amides is 2. The van der Waals surface area contributed by atoms with Crippen LogP contribution in [0.4, 0.5) is 10.5 Å². The molecule has 1 fully saturated rings. The Kier molecular flexibility index (Phi) is 5.27. The largest absolute Gasteiger partial charge is 0.481 e. The van der Waals surface area contributed by atoms with Crippen molar-refractivity contribution in [2.24, 2.45) is 0 Å². The molecule has 0 aromatic heterocycles. The molecule has 0 bridgehead atoms. The lowest BCUT2D eigenvalue weighted by atomic mass is 9.93. The molecule has 1 aromatic rings. The number of nitrogens with one attached hydrogen (secondary N) is 2. The zero-order valence-corrected chi connectivity index (χ0v) is 14.5. The van der Waals surface area contributed by atoms with E-state index in [2.05, 4.69) is 42.5 Å². The molecule has 0 atom stereocenters. The van der Waals surface area contributed by atoms with Crippen LogP contribution < -0.4 is 10.6 Å². The number of carboxylic acid groups (broad SMARTS) is 1. The van der Waals surface area contributed by atoms with Gasteiger partial charge in [-0.2, -0.15) is 0 Å². The Morgan fingerprint density at radius 3 is 2.29 bits per heavy atom. The van der Waals surface area contributed by atoms with Crippen LogP contribution in [0.15, 0.2) is 27.1 Å². The minimum atomic E-state index is -0.890. The lowest BCUT2D eigenvalue weighted by molar-refractivity contribution is -0.138. The summed E-state index contributed by atoms with van der Waals surface area (Å²) < 4.78 is 1.51. The van der Waals surface area contributed by atoms with Gasteiger partial charge >= 0.3 is 12.0 Å². The van der Waals surface area contributed by atoms with Crippen LogP contribution >= 0.6 is 31.9 Å². The lowest BCUT2D eigenvalue weighted by Crippen LogP contribution is -2.49. The summed E-state index contributed by atoms with van der Waals surface area (Å²) in [5, 5.41) is 14.7. The van der Waals surface area contributed by atoms with Gasteiger partial charge in [0.25, 0.3) is 0 Å². The quantitative estimate of drug-likeness (QED) is 0.686. The van der Waals surface area contributed by atoms with E-state index in [0.29, 0.717) is 18.5 Å². The van der Waals surface area contributed by atoms with Gasteiger partial charge in [0.2, 0.25) is 0 Å². The topological polar surface area (TPSA) is 78.4 Å². The van der Waals surface area contributed by atoms with E-state index < -0.39 is 11.5 Å². The molecule has 0 unspecified atom stereocenters. The number of hydrogen-bond acceptors (Lipinski definition) is 2. The minimum absolute atomic E-state index is 0.0441. The molecule has 0 spiro atoms. The summed E-state index contributed by atoms with van der Waals surface area (Å²) in [7, 11) is 0. The molecule has 2 rings (SSSR count). The zero-order chi connectivity index (χ0) is 15.5. The highest BCUT2D eigenvalue weighted by atomic mass is 79.9. The van der Waals surface area contributed by atoms with E-state index in [1.54, 1.807) is 0 Å². The Morgan fingerprint density at radius 2 is 1.76 bits per heavy atom. The van der Waals surface area contributed by atoms with Crippen LogP contribution in [-0.4, -0.2) is 22.6 Å². The van der Waals surface area contributed by atoms with Crippen LogP contribution in [-0.2, 0) is 4.79 Å². The van der Waals surface area contributed by atoms with Gasteiger partial charge in [0.05, 0.1) is 17.6 Å². The molecule has 1 aliphatic carbocycles. The molecule has 0 heterocycles. The number of hydrogen-bond donors (Lipinski definition) is 3. The van der Waals surface area contributed by atoms with Crippen LogP contribution in [0.25, 0.3) is 0 Å². The second kappa shape index (κ2) is 6.79. The second-order valence-electron chi connectivity index (χ2n) is 5.23. The number of urea groups is 1. The standard InChI is InChI=1S/C14H16Br2N2O3/c15-9-4-3-5-10(16)12(9)17-13(21)18-14(8-11(19)20)6-1-2-7-14/h3-5H,1-2,6-8H2,(H,19,20)(H2,17,18,21). The Balaban J connectivity index is 2.08. The maximum atomic E-state index is 12.2. The molecule has 0 radical (unpaired) electrons. The highest BCUT2D eigenvalue weighted by Crippen LogP contribution is 2.34. The van der Waals surface area contributed by atoms with E-state index in [1.807, 2.05) is 18.2 Å². The van der Waals surface area contributed by atoms with Gasteiger partial charge in [-0.1, -0.05) is 18.9 Å². The number of halogens is 2. The van der Waals surface area contributed by atoms with Gasteiger partial charge < -0.3 is 15.7 Å². The second-order valence-corrected chi connectivity index (χ2v) is 6.94. The number of para-hydroxylation sites is 1. The summed E-state index contributed by atoms with van der Waals surface area (Å²) in [5.41, 5.74) is -0.0117. The molecule has 1 saturated carbocycles. The molecule has 0 aliphatic heterocycles. The van der Waals surface area contributed by atoms with Crippen molar-refractivity contribution >= 4 is 49.5 Å². The smallest absolute Gasteiger partial charge is 0.319 e. The molecular weight excluding hydrogens is 404 g/mol. The van der Waals surface area contributed by atoms with Crippen molar-refractivity contribution in [3.05, 3.63) is 27.1 Å². The molecule has 5 nitrogen and oxygen atoms in total. The number of aliphatic carboxylic acids is 1. The fourth-order valence-electron chi connectivity index (χ4n) is 2.69. The van der Waals surface area contributed by atoms with Gasteiger partial charge in [0, 0.05) is 8.95 Å². The predicted molar refractivity (Wildman–Crippen MR) is 87.4 cm³/mol. The van der Waals surface area contributed by atoms with Crippen LogP contribution in [0.2, 0.25) is 0 Å². The summed E-state index contributed by atoms with van der Waals surface area (Å²) >= 11 is 6.75. The summed E-state index contributed by atoms with van der Waals surface area (Å²) in [6.45, 7) is 0. The van der Waals surface area contributed by atoms with Gasteiger partial charge in [-0.25, -0.2) is 4.79 Å². The fraction of sp³-hybridized carbons (Fsp3) is 0.429. The Bertz CT molecular complexity index is 537. The zero-order valence-electron chi connectivity index (χ0n) is 11.3. The van der Waals surface area contributed by atoms with E-state index in [-0.39, 0.29) is 12.5 Å². The Labute approximate surface area is 139 Å². The maximum Gasteiger partial charge on any atom is 0.319 e. The Morgan fingerprint density at radius 1 is 1.19 bits per heavy atom. The molecule has 3 N–H and O–H groups in total. The average molecular weight is 420 g/mol. The third-order valence-electron chi connectivity index (χ3n) is 3.63. The van der Waals surface area contributed by atoms with Crippen LogP contribution in [0.5, 0.6) is 0 Å². The summed E-state index contributed by atoms with van der Waals surface area (Å²) in [6.07, 6.45) is 3.23. The van der Waals surface area contributed by atoms with E-state index in [9.17, 15) is 9.59 Å². The van der Waals surface area contributed by atoms with Gasteiger partial charge in [0.15, 0.2) is 0 Å². The first-order valence-corrected chi connectivity index (χ1v) is 8.25. The number of anilines is 1. The molecule has 114 valence electrons. The molecule has 1 aliphatic rings. The molecule has 2 amide bonds. The van der Waals surface area contributed by atoms with Crippen LogP contribution in [0.3, 0.4) is 0 Å². The highest BCUT2D eigenvalue weighted by Gasteiger charge is 2.37. The molecule has 7 heteroatoms. The van der Waals surface area contributed by atoms with Gasteiger partial charge in [-0.3, -0.25) is 4.79 Å². The van der Waals surface area contributed by atoms with E-state index >= 15 is 0 Å². The minimum Gasteiger partial charge on any atom is -0.481 e. The van der Waals surface area contributed by atoms with Crippen molar-refractivity contribution in [2.75, 3.05) is 5.32 Å². The summed E-state index contributed by atoms with van der Waals surface area (Å²) in [4.78, 5) is 23.2. The number of carbonyl (C=O) groups is 2. The van der Waals surface area contributed by atoms with Gasteiger partial charge in [-0.05, 0) is 56.8 Å². The van der Waals surface area contributed by atoms with Crippen molar-refractivity contribution in [1.82, 2.24) is 5.32 Å². The van der Waals surface area contributed by atoms with E-state index in [4.69, 9.17) is 5.11 Å². The fourth-order valence-corrected chi connectivity index (χ4v) is 3.89. The first-order valence-electron chi connectivity index (χ1n) is 6.67. The highest BCUT2D eigenvalue weighted by molar-refractivity contribution is 9.11. The van der Waals surface area contributed by atoms with Crippen LogP contribution in [0.1, 0.15) is 32.1 Å². The van der Waals surface area contributed by atoms with Gasteiger partial charge in [0.1, 0.15) is 0 Å². The van der Waals surface area contributed by atoms with E-state index in [0.717, 1.165) is 21.8 Å². The normalized spacial score (nSPS) is 16.5. The monoisotopic (exact) mass is 418 g/mol. The molecule has 1 aromatic carbocycles. The first kappa shape index (κ1) is 16.3. The predicted octanol–water partition coefficient (Wildman–Crippen LogP) is 4.12. The van der Waals surface area contributed by atoms with Crippen molar-refractivity contribution in [3.63, 3.8) is 0 Å². The maximum absolute atomic E-state index is 12.2. The first-order chi connectivity index (χ1) is 9.92. The molecular formula is C14H16Br2N2O3. The SMILES string of the molecule is O=C(O)CC1(NC(=O)Nc2c(Br)cccc2Br)CCCC1. The third kappa shape index (κ3) is 4.20. The van der Waals surface area contributed by atoms with E-state index in [1.165, 1.54) is 0 Å². The lowest BCUT2D eigenvalue weighted by Gasteiger charge is -2.28. The van der Waals surface area contributed by atoms with Crippen molar-refractivity contribution in [1.29, 1.82) is 0 Å². The van der Waals surface area contributed by atoms with Gasteiger partial charge in [-0.15, -0.1) is 0 Å². The van der Waals surface area contributed by atoms with Crippen LogP contribution in [0, 0.1) is 0 Å². The summed E-state index contributed by atoms with van der Waals surface area (Å²) in [5.74, 6) is -0.890. The molecule has 21 heavy (non-hydrogen) atoms. The number of carboxylic acids is 1. The Hall–Kier alpha value is -1.08. The molecule has 0 saturated heterocycles. The van der Waals surface area contributed by atoms with Crippen molar-refractivity contribution in [3.8, 4) is 0 Å². The number of benzene rings is 1. The number of carbonyl (C=O) groups excluding carboxylic acids is 1. The third-order valence-corrected chi connectivity index (χ3v) is 4.95. The summed E-state index contributed by atoms with van der Waals surface area (Å²) in [6, 6.07) is 5.11. The van der Waals surface area contributed by atoms with Crippen molar-refractivity contribution in [2.45, 2.75) is 37.6 Å².